The molecule has 1 fully saturated rings. The Morgan fingerprint density at radius 1 is 1.15 bits per heavy atom. The van der Waals surface area contributed by atoms with E-state index >= 15 is 0 Å². The third-order valence-corrected chi connectivity index (χ3v) is 5.76. The van der Waals surface area contributed by atoms with Gasteiger partial charge in [0.15, 0.2) is 0 Å². The second-order valence-corrected chi connectivity index (χ2v) is 7.70. The molecule has 1 aromatic carbocycles. The number of thiophene rings is 1. The largest absolute Gasteiger partial charge is 0.340 e. The van der Waals surface area contributed by atoms with E-state index in [9.17, 15) is 4.79 Å². The molecule has 0 bridgehead atoms. The zero-order valence-corrected chi connectivity index (χ0v) is 16.1. The number of amides is 1. The minimum Gasteiger partial charge on any atom is -0.340 e. The number of hydrogen-bond donors (Lipinski definition) is 0. The molecule has 0 unspecified atom stereocenters. The highest BCUT2D eigenvalue weighted by atomic mass is 32.1. The number of benzene rings is 1. The van der Waals surface area contributed by atoms with Gasteiger partial charge in [-0.3, -0.25) is 9.69 Å². The van der Waals surface area contributed by atoms with Gasteiger partial charge in [0.25, 0.3) is 0 Å². The molecular weight excluding hydrogens is 360 g/mol. The first kappa shape index (κ1) is 17.9. The van der Waals surface area contributed by atoms with Gasteiger partial charge in [0, 0.05) is 26.2 Å². The highest BCUT2D eigenvalue weighted by Gasteiger charge is 2.23. The SMILES string of the molecule is Cc1ccccc1CC(=O)N1CCN(Cc2nc(-c3cccs3)no2)CC1. The topological polar surface area (TPSA) is 62.5 Å². The maximum atomic E-state index is 12.6. The van der Waals surface area contributed by atoms with Crippen LogP contribution in [0.2, 0.25) is 0 Å². The fourth-order valence-corrected chi connectivity index (χ4v) is 3.90. The van der Waals surface area contributed by atoms with Crippen LogP contribution in [0.1, 0.15) is 17.0 Å². The number of nitrogens with zero attached hydrogens (tertiary/aromatic N) is 4. The van der Waals surface area contributed by atoms with Crippen molar-refractivity contribution in [3.63, 3.8) is 0 Å². The van der Waals surface area contributed by atoms with Gasteiger partial charge in [-0.2, -0.15) is 4.98 Å². The van der Waals surface area contributed by atoms with E-state index in [2.05, 4.69) is 28.0 Å². The van der Waals surface area contributed by atoms with Crippen LogP contribution >= 0.6 is 11.3 Å². The summed E-state index contributed by atoms with van der Waals surface area (Å²) in [5, 5.41) is 6.05. The van der Waals surface area contributed by atoms with Crippen molar-refractivity contribution in [2.45, 2.75) is 19.9 Å². The van der Waals surface area contributed by atoms with E-state index in [0.29, 0.717) is 24.7 Å². The molecule has 4 rings (SSSR count). The Morgan fingerprint density at radius 2 is 1.96 bits per heavy atom. The highest BCUT2D eigenvalue weighted by Crippen LogP contribution is 2.21. The summed E-state index contributed by atoms with van der Waals surface area (Å²) in [5.41, 5.74) is 2.28. The van der Waals surface area contributed by atoms with Crippen LogP contribution in [-0.2, 0) is 17.8 Å². The third-order valence-electron chi connectivity index (χ3n) is 4.90. The second-order valence-electron chi connectivity index (χ2n) is 6.75. The summed E-state index contributed by atoms with van der Waals surface area (Å²) in [4.78, 5) is 22.3. The Bertz CT molecular complexity index is 898. The minimum atomic E-state index is 0.196. The molecule has 3 heterocycles. The van der Waals surface area contributed by atoms with Crippen molar-refractivity contribution in [1.82, 2.24) is 19.9 Å². The molecule has 0 spiro atoms. The smallest absolute Gasteiger partial charge is 0.241 e. The molecule has 0 atom stereocenters. The molecule has 1 saturated heterocycles. The Balaban J connectivity index is 1.29. The predicted octanol–water partition coefficient (Wildman–Crippen LogP) is 2.99. The van der Waals surface area contributed by atoms with Gasteiger partial charge in [0.2, 0.25) is 17.6 Å². The Hall–Kier alpha value is -2.51. The molecule has 0 N–H and O–H groups in total. The van der Waals surface area contributed by atoms with Crippen LogP contribution in [0.5, 0.6) is 0 Å². The van der Waals surface area contributed by atoms with Crippen LogP contribution in [0.25, 0.3) is 10.7 Å². The van der Waals surface area contributed by atoms with Crippen molar-refractivity contribution in [3.8, 4) is 10.7 Å². The minimum absolute atomic E-state index is 0.196. The van der Waals surface area contributed by atoms with Gasteiger partial charge in [-0.25, -0.2) is 0 Å². The zero-order valence-electron chi connectivity index (χ0n) is 15.3. The predicted molar refractivity (Wildman–Crippen MR) is 104 cm³/mol. The fourth-order valence-electron chi connectivity index (χ4n) is 3.25. The Morgan fingerprint density at radius 3 is 2.70 bits per heavy atom. The van der Waals surface area contributed by atoms with Crippen LogP contribution in [0.15, 0.2) is 46.3 Å². The molecule has 3 aromatic rings. The molecule has 1 aliphatic heterocycles. The lowest BCUT2D eigenvalue weighted by molar-refractivity contribution is -0.132. The lowest BCUT2D eigenvalue weighted by Gasteiger charge is -2.34. The van der Waals surface area contributed by atoms with Gasteiger partial charge in [-0.05, 0) is 29.5 Å². The van der Waals surface area contributed by atoms with Crippen molar-refractivity contribution >= 4 is 17.2 Å². The summed E-state index contributed by atoms with van der Waals surface area (Å²) < 4.78 is 5.38. The first-order chi connectivity index (χ1) is 13.2. The van der Waals surface area contributed by atoms with Crippen molar-refractivity contribution < 1.29 is 9.32 Å². The number of rotatable bonds is 5. The van der Waals surface area contributed by atoms with Crippen LogP contribution in [0.3, 0.4) is 0 Å². The molecule has 7 heteroatoms. The molecule has 27 heavy (non-hydrogen) atoms. The first-order valence-electron chi connectivity index (χ1n) is 9.10. The molecule has 6 nitrogen and oxygen atoms in total. The van der Waals surface area contributed by atoms with Crippen molar-refractivity contribution in [3.05, 3.63) is 58.8 Å². The number of carbonyl (C=O) groups excluding carboxylic acids is 1. The summed E-state index contributed by atoms with van der Waals surface area (Å²) in [6, 6.07) is 12.0. The van der Waals surface area contributed by atoms with Crippen molar-refractivity contribution in [2.75, 3.05) is 26.2 Å². The third kappa shape index (κ3) is 4.26. The van der Waals surface area contributed by atoms with Crippen molar-refractivity contribution in [1.29, 1.82) is 0 Å². The zero-order chi connectivity index (χ0) is 18.6. The number of piperazine rings is 1. The van der Waals surface area contributed by atoms with Crippen LogP contribution in [-0.4, -0.2) is 52.0 Å². The van der Waals surface area contributed by atoms with E-state index in [4.69, 9.17) is 4.52 Å². The molecule has 0 radical (unpaired) electrons. The van der Waals surface area contributed by atoms with E-state index < -0.39 is 0 Å². The Kier molecular flexibility index (Phi) is 5.31. The van der Waals surface area contributed by atoms with Crippen LogP contribution in [0.4, 0.5) is 0 Å². The summed E-state index contributed by atoms with van der Waals surface area (Å²) >= 11 is 1.60. The van der Waals surface area contributed by atoms with E-state index in [-0.39, 0.29) is 5.91 Å². The normalized spacial score (nSPS) is 15.2. The van der Waals surface area contributed by atoms with E-state index in [0.717, 1.165) is 36.6 Å². The number of carbonyl (C=O) groups is 1. The number of hydrogen-bond acceptors (Lipinski definition) is 6. The van der Waals surface area contributed by atoms with E-state index in [1.54, 1.807) is 11.3 Å². The van der Waals surface area contributed by atoms with Crippen LogP contribution in [0, 0.1) is 6.92 Å². The second kappa shape index (κ2) is 8.02. The van der Waals surface area contributed by atoms with Gasteiger partial charge in [-0.15, -0.1) is 11.3 Å². The highest BCUT2D eigenvalue weighted by molar-refractivity contribution is 7.13. The maximum Gasteiger partial charge on any atom is 0.241 e. The number of aryl methyl sites for hydroxylation is 1. The summed E-state index contributed by atoms with van der Waals surface area (Å²) in [7, 11) is 0. The van der Waals surface area contributed by atoms with E-state index in [1.165, 1.54) is 5.56 Å². The summed E-state index contributed by atoms with van der Waals surface area (Å²) in [6.07, 6.45) is 0.473. The quantitative estimate of drug-likeness (QED) is 0.679. The molecular formula is C20H22N4O2S. The molecule has 1 aliphatic rings. The average molecular weight is 382 g/mol. The molecule has 140 valence electrons. The lowest BCUT2D eigenvalue weighted by atomic mass is 10.1. The summed E-state index contributed by atoms with van der Waals surface area (Å²) in [5.74, 6) is 1.46. The lowest BCUT2D eigenvalue weighted by Crippen LogP contribution is -2.48. The van der Waals surface area contributed by atoms with Gasteiger partial charge in [0.1, 0.15) is 0 Å². The van der Waals surface area contributed by atoms with Gasteiger partial charge in [0.05, 0.1) is 17.8 Å². The van der Waals surface area contributed by atoms with Gasteiger partial charge < -0.3 is 9.42 Å². The monoisotopic (exact) mass is 382 g/mol. The van der Waals surface area contributed by atoms with Crippen LogP contribution < -0.4 is 0 Å². The van der Waals surface area contributed by atoms with Gasteiger partial charge >= 0.3 is 0 Å². The molecule has 1 amide bonds. The standard InChI is InChI=1S/C20H22N4O2S/c1-15-5-2-3-6-16(15)13-19(25)24-10-8-23(9-11-24)14-18-21-20(22-26-18)17-7-4-12-27-17/h2-7,12H,8-11,13-14H2,1H3. The maximum absolute atomic E-state index is 12.6. The first-order valence-corrected chi connectivity index (χ1v) is 9.98. The molecule has 2 aromatic heterocycles. The fraction of sp³-hybridized carbons (Fsp3) is 0.350. The summed E-state index contributed by atoms with van der Waals surface area (Å²) in [6.45, 7) is 5.77. The Labute approximate surface area is 162 Å². The van der Waals surface area contributed by atoms with E-state index in [1.807, 2.05) is 40.6 Å². The molecule has 0 aliphatic carbocycles. The average Bonchev–Trinajstić information content (AvgIpc) is 3.36. The van der Waals surface area contributed by atoms with Crippen molar-refractivity contribution in [2.24, 2.45) is 0 Å². The van der Waals surface area contributed by atoms with Gasteiger partial charge in [-0.1, -0.05) is 35.5 Å². The number of aromatic nitrogens is 2. The molecule has 0 saturated carbocycles.